The first-order valence-corrected chi connectivity index (χ1v) is 10.0. The van der Waals surface area contributed by atoms with Gasteiger partial charge in [-0.25, -0.2) is 8.78 Å². The zero-order valence-corrected chi connectivity index (χ0v) is 17.2. The summed E-state index contributed by atoms with van der Waals surface area (Å²) in [7, 11) is 0. The summed E-state index contributed by atoms with van der Waals surface area (Å²) in [6, 6.07) is 3.95. The molecule has 2 unspecified atom stereocenters. The Bertz CT molecular complexity index is 511. The molecule has 0 saturated carbocycles. The molecule has 2 N–H and O–H groups in total. The molecule has 0 fully saturated rings. The Morgan fingerprint density at radius 3 is 1.92 bits per heavy atom. The molecule has 1 aromatic carbocycles. The van der Waals surface area contributed by atoms with Crippen LogP contribution in [0.15, 0.2) is 18.2 Å². The number of primary amides is 1. The summed E-state index contributed by atoms with van der Waals surface area (Å²) in [6.45, 7) is 10.5. The van der Waals surface area contributed by atoms with Crippen molar-refractivity contribution in [3.8, 4) is 0 Å². The van der Waals surface area contributed by atoms with E-state index >= 15 is 0 Å². The average molecular weight is 370 g/mol. The first kappa shape index (κ1) is 24.6. The van der Waals surface area contributed by atoms with Gasteiger partial charge < -0.3 is 5.73 Å². The first-order chi connectivity index (χ1) is 12.3. The first-order valence-electron chi connectivity index (χ1n) is 10.0. The van der Waals surface area contributed by atoms with Gasteiger partial charge in [0.05, 0.1) is 0 Å². The minimum Gasteiger partial charge on any atom is -0.369 e. The number of hydrogen-bond acceptors (Lipinski definition) is 1. The molecule has 0 bridgehead atoms. The van der Waals surface area contributed by atoms with E-state index in [1.54, 1.807) is 6.07 Å². The van der Waals surface area contributed by atoms with E-state index in [0.29, 0.717) is 11.8 Å². The maximum atomic E-state index is 12.4. The summed E-state index contributed by atoms with van der Waals surface area (Å²) >= 11 is 0. The van der Waals surface area contributed by atoms with Crippen molar-refractivity contribution in [2.24, 2.45) is 23.5 Å². The van der Waals surface area contributed by atoms with E-state index in [0.717, 1.165) is 18.1 Å². The molecule has 1 rings (SSSR count). The summed E-state index contributed by atoms with van der Waals surface area (Å²) in [5, 5.41) is 0. The van der Waals surface area contributed by atoms with Crippen molar-refractivity contribution in [1.29, 1.82) is 0 Å². The van der Waals surface area contributed by atoms with E-state index < -0.39 is 11.6 Å². The van der Waals surface area contributed by atoms with Crippen LogP contribution in [0.5, 0.6) is 0 Å². The maximum absolute atomic E-state index is 12.4. The number of halogens is 2. The third kappa shape index (κ3) is 9.30. The second kappa shape index (κ2) is 13.7. The lowest BCUT2D eigenvalue weighted by molar-refractivity contribution is -0.123. The highest BCUT2D eigenvalue weighted by molar-refractivity contribution is 5.76. The third-order valence-electron chi connectivity index (χ3n) is 5.23. The Labute approximate surface area is 158 Å². The van der Waals surface area contributed by atoms with Crippen LogP contribution in [0.3, 0.4) is 0 Å². The second-order valence-electron chi connectivity index (χ2n) is 7.20. The Balaban J connectivity index is 0.000000531. The number of nitrogens with two attached hydrogens (primary N) is 1. The van der Waals surface area contributed by atoms with Crippen LogP contribution < -0.4 is 5.73 Å². The second-order valence-corrected chi connectivity index (χ2v) is 7.20. The van der Waals surface area contributed by atoms with Gasteiger partial charge in [0.2, 0.25) is 5.91 Å². The molecule has 26 heavy (non-hydrogen) atoms. The zero-order chi connectivity index (χ0) is 20.1. The van der Waals surface area contributed by atoms with Crippen molar-refractivity contribution in [3.05, 3.63) is 35.4 Å². The Morgan fingerprint density at radius 2 is 1.54 bits per heavy atom. The summed E-state index contributed by atoms with van der Waals surface area (Å²) in [5.41, 5.74) is 6.21. The molecule has 0 spiro atoms. The van der Waals surface area contributed by atoms with Gasteiger partial charge in [-0.05, 0) is 36.0 Å². The monoisotopic (exact) mass is 369 g/mol. The standard InChI is InChI=1S/C14H29NO.C8H8F2/c1-5-7-9-13(10-8-6-2)11(3)12(4)14(15)16;1-2-6-3-4-7(9)8(10)5-6/h11-13H,5-10H2,1-4H3,(H2,15,16);3-5H,2H2,1H3. The highest BCUT2D eigenvalue weighted by Gasteiger charge is 2.25. The van der Waals surface area contributed by atoms with Crippen molar-refractivity contribution < 1.29 is 13.6 Å². The number of hydrogen-bond donors (Lipinski definition) is 1. The fourth-order valence-electron chi connectivity index (χ4n) is 3.03. The molecule has 0 radical (unpaired) electrons. The number of unbranched alkanes of at least 4 members (excludes halogenated alkanes) is 2. The summed E-state index contributed by atoms with van der Waals surface area (Å²) < 4.78 is 24.7. The molecule has 150 valence electrons. The van der Waals surface area contributed by atoms with Crippen LogP contribution in [0.1, 0.15) is 78.7 Å². The molecule has 1 aromatic rings. The molecule has 0 saturated heterocycles. The Kier molecular flexibility index (Phi) is 12.9. The lowest BCUT2D eigenvalue weighted by atomic mass is 9.78. The fraction of sp³-hybridized carbons (Fsp3) is 0.682. The molecule has 1 amide bonds. The molecule has 0 heterocycles. The van der Waals surface area contributed by atoms with Crippen molar-refractivity contribution >= 4 is 5.91 Å². The van der Waals surface area contributed by atoms with Crippen LogP contribution >= 0.6 is 0 Å². The predicted molar refractivity (Wildman–Crippen MR) is 106 cm³/mol. The quantitative estimate of drug-likeness (QED) is 0.519. The molecule has 0 aliphatic carbocycles. The van der Waals surface area contributed by atoms with Crippen LogP contribution in [0.2, 0.25) is 0 Å². The minimum atomic E-state index is -0.780. The van der Waals surface area contributed by atoms with E-state index in [4.69, 9.17) is 5.73 Å². The van der Waals surface area contributed by atoms with Crippen LogP contribution in [-0.2, 0) is 11.2 Å². The van der Waals surface area contributed by atoms with Gasteiger partial charge in [-0.2, -0.15) is 0 Å². The lowest BCUT2D eigenvalue weighted by Crippen LogP contribution is -2.30. The number of amides is 1. The number of carbonyl (C=O) groups is 1. The number of benzene rings is 1. The third-order valence-corrected chi connectivity index (χ3v) is 5.23. The normalized spacial score (nSPS) is 13.1. The number of carbonyl (C=O) groups excluding carboxylic acids is 1. The van der Waals surface area contributed by atoms with Gasteiger partial charge in [-0.3, -0.25) is 4.79 Å². The minimum absolute atomic E-state index is 0.0127. The number of aryl methyl sites for hydroxylation is 1. The van der Waals surface area contributed by atoms with Crippen LogP contribution in [-0.4, -0.2) is 5.91 Å². The predicted octanol–water partition coefficient (Wildman–Crippen LogP) is 6.27. The zero-order valence-electron chi connectivity index (χ0n) is 17.2. The van der Waals surface area contributed by atoms with Gasteiger partial charge in [0.15, 0.2) is 11.6 Å². The SMILES string of the molecule is CCCCC(CCCC)C(C)C(C)C(N)=O.CCc1ccc(F)c(F)c1. The van der Waals surface area contributed by atoms with E-state index in [9.17, 15) is 13.6 Å². The molecule has 2 atom stereocenters. The molecule has 0 aliphatic rings. The Morgan fingerprint density at radius 1 is 1.00 bits per heavy atom. The molecule has 2 nitrogen and oxygen atoms in total. The van der Waals surface area contributed by atoms with E-state index in [1.807, 2.05) is 13.8 Å². The van der Waals surface area contributed by atoms with Crippen molar-refractivity contribution in [1.82, 2.24) is 0 Å². The van der Waals surface area contributed by atoms with Gasteiger partial charge in [-0.15, -0.1) is 0 Å². The maximum Gasteiger partial charge on any atom is 0.220 e. The van der Waals surface area contributed by atoms with Crippen LogP contribution in [0, 0.1) is 29.4 Å². The molecule has 0 aromatic heterocycles. The largest absolute Gasteiger partial charge is 0.369 e. The van der Waals surface area contributed by atoms with Crippen LogP contribution in [0.4, 0.5) is 8.78 Å². The van der Waals surface area contributed by atoms with Crippen LogP contribution in [0.25, 0.3) is 0 Å². The molecule has 4 heteroatoms. The van der Waals surface area contributed by atoms with Crippen molar-refractivity contribution in [3.63, 3.8) is 0 Å². The molecular weight excluding hydrogens is 332 g/mol. The summed E-state index contributed by atoms with van der Waals surface area (Å²) in [5.74, 6) is -0.584. The van der Waals surface area contributed by atoms with Crippen molar-refractivity contribution in [2.45, 2.75) is 79.6 Å². The lowest BCUT2D eigenvalue weighted by Gasteiger charge is -2.27. The molecule has 0 aliphatic heterocycles. The van der Waals surface area contributed by atoms with E-state index in [2.05, 4.69) is 20.8 Å². The smallest absolute Gasteiger partial charge is 0.220 e. The van der Waals surface area contributed by atoms with Crippen molar-refractivity contribution in [2.75, 3.05) is 0 Å². The van der Waals surface area contributed by atoms with Gasteiger partial charge in [-0.1, -0.05) is 79.2 Å². The Hall–Kier alpha value is -1.45. The summed E-state index contributed by atoms with van der Waals surface area (Å²) in [6.07, 6.45) is 8.23. The van der Waals surface area contributed by atoms with E-state index in [1.165, 1.54) is 44.6 Å². The number of rotatable bonds is 10. The summed E-state index contributed by atoms with van der Waals surface area (Å²) in [4.78, 5) is 11.2. The highest BCUT2D eigenvalue weighted by Crippen LogP contribution is 2.29. The topological polar surface area (TPSA) is 43.1 Å². The molecular formula is C22H37F2NO. The van der Waals surface area contributed by atoms with E-state index in [-0.39, 0.29) is 11.8 Å². The highest BCUT2D eigenvalue weighted by atomic mass is 19.2. The fourth-order valence-corrected chi connectivity index (χ4v) is 3.03. The van der Waals surface area contributed by atoms with Gasteiger partial charge in [0.1, 0.15) is 0 Å². The average Bonchev–Trinajstić information content (AvgIpc) is 2.63. The van der Waals surface area contributed by atoms with Gasteiger partial charge >= 0.3 is 0 Å². The van der Waals surface area contributed by atoms with Gasteiger partial charge in [0.25, 0.3) is 0 Å². The van der Waals surface area contributed by atoms with Gasteiger partial charge in [0, 0.05) is 5.92 Å².